The van der Waals surface area contributed by atoms with E-state index in [0.717, 1.165) is 6.42 Å². The largest absolute Gasteiger partial charge is 0.392 e. The summed E-state index contributed by atoms with van der Waals surface area (Å²) in [7, 11) is 0. The van der Waals surface area contributed by atoms with E-state index < -0.39 is 12.1 Å². The Balaban J connectivity index is 2.61. The molecule has 1 rings (SSSR count). The Morgan fingerprint density at radius 3 is 2.25 bits per heavy atom. The van der Waals surface area contributed by atoms with Gasteiger partial charge >= 0.3 is 6.18 Å². The van der Waals surface area contributed by atoms with Crippen molar-refractivity contribution in [2.45, 2.75) is 36.3 Å². The van der Waals surface area contributed by atoms with Crippen molar-refractivity contribution in [3.05, 3.63) is 0 Å². The number of alkyl halides is 4. The van der Waals surface area contributed by atoms with Gasteiger partial charge in [-0.15, -0.1) is 0 Å². The molecule has 0 saturated heterocycles. The molecule has 3 unspecified atom stereocenters. The van der Waals surface area contributed by atoms with Gasteiger partial charge in [0.05, 0.1) is 5.92 Å². The van der Waals surface area contributed by atoms with Crippen LogP contribution in [0.4, 0.5) is 13.2 Å². The summed E-state index contributed by atoms with van der Waals surface area (Å²) in [4.78, 5) is 0. The van der Waals surface area contributed by atoms with Crippen molar-refractivity contribution in [3.8, 4) is 0 Å². The molecule has 12 heavy (non-hydrogen) atoms. The zero-order valence-electron chi connectivity index (χ0n) is 6.87. The number of hydrogen-bond acceptors (Lipinski definition) is 0. The van der Waals surface area contributed by atoms with Crippen LogP contribution in [0, 0.1) is 11.8 Å². The molecular formula is C8H12F3I. The highest BCUT2D eigenvalue weighted by Crippen LogP contribution is 2.43. The van der Waals surface area contributed by atoms with Gasteiger partial charge < -0.3 is 0 Å². The summed E-state index contributed by atoms with van der Waals surface area (Å²) in [5, 5.41) is 0. The fourth-order valence-corrected chi connectivity index (χ4v) is 2.74. The van der Waals surface area contributed by atoms with Gasteiger partial charge in [-0.05, 0) is 25.2 Å². The summed E-state index contributed by atoms with van der Waals surface area (Å²) in [5.74, 6) is -0.829. The fourth-order valence-electron chi connectivity index (χ4n) is 1.68. The molecule has 1 aliphatic rings. The Labute approximate surface area is 84.0 Å². The summed E-state index contributed by atoms with van der Waals surface area (Å²) in [6.07, 6.45) is -2.01. The zero-order chi connectivity index (χ0) is 9.35. The summed E-state index contributed by atoms with van der Waals surface area (Å²) in [6.45, 7) is 1.90. The molecule has 0 bridgehead atoms. The van der Waals surface area contributed by atoms with E-state index in [-0.39, 0.29) is 9.84 Å². The Kier molecular flexibility index (Phi) is 3.28. The average molecular weight is 292 g/mol. The molecule has 0 amide bonds. The molecule has 72 valence electrons. The average Bonchev–Trinajstić information content (AvgIpc) is 1.92. The molecule has 1 fully saturated rings. The van der Waals surface area contributed by atoms with Crippen LogP contribution in [0.15, 0.2) is 0 Å². The smallest absolute Gasteiger partial charge is 0.171 e. The molecule has 0 heterocycles. The van der Waals surface area contributed by atoms with Crippen LogP contribution in [-0.4, -0.2) is 10.1 Å². The molecule has 0 spiro atoms. The quantitative estimate of drug-likeness (QED) is 0.471. The van der Waals surface area contributed by atoms with E-state index in [9.17, 15) is 13.2 Å². The minimum Gasteiger partial charge on any atom is -0.171 e. The third kappa shape index (κ3) is 2.50. The molecule has 1 saturated carbocycles. The molecule has 4 heteroatoms. The van der Waals surface area contributed by atoms with Crippen LogP contribution in [0.5, 0.6) is 0 Å². The third-order valence-electron chi connectivity index (χ3n) is 2.45. The van der Waals surface area contributed by atoms with Gasteiger partial charge in [-0.1, -0.05) is 29.5 Å². The van der Waals surface area contributed by atoms with Crippen LogP contribution in [0.1, 0.15) is 26.2 Å². The van der Waals surface area contributed by atoms with E-state index in [1.807, 2.05) is 29.5 Å². The van der Waals surface area contributed by atoms with Crippen LogP contribution in [0.25, 0.3) is 0 Å². The highest BCUT2D eigenvalue weighted by atomic mass is 127. The Bertz CT molecular complexity index is 155. The van der Waals surface area contributed by atoms with Crippen molar-refractivity contribution in [2.24, 2.45) is 11.8 Å². The maximum Gasteiger partial charge on any atom is 0.392 e. The maximum atomic E-state index is 12.4. The first-order chi connectivity index (χ1) is 5.41. The second-order valence-electron chi connectivity index (χ2n) is 3.58. The predicted molar refractivity (Wildman–Crippen MR) is 50.4 cm³/mol. The molecular weight excluding hydrogens is 280 g/mol. The first-order valence-electron chi connectivity index (χ1n) is 4.12. The normalized spacial score (nSPS) is 38.2. The van der Waals surface area contributed by atoms with Crippen LogP contribution >= 0.6 is 22.6 Å². The zero-order valence-corrected chi connectivity index (χ0v) is 9.02. The van der Waals surface area contributed by atoms with E-state index in [0.29, 0.717) is 12.8 Å². The van der Waals surface area contributed by atoms with E-state index >= 15 is 0 Å². The maximum absolute atomic E-state index is 12.4. The Morgan fingerprint density at radius 2 is 1.83 bits per heavy atom. The molecule has 0 nitrogen and oxygen atoms in total. The van der Waals surface area contributed by atoms with Crippen molar-refractivity contribution in [3.63, 3.8) is 0 Å². The highest BCUT2D eigenvalue weighted by Gasteiger charge is 2.45. The Morgan fingerprint density at radius 1 is 1.25 bits per heavy atom. The summed E-state index contributed by atoms with van der Waals surface area (Å²) >= 11 is 1.93. The summed E-state index contributed by atoms with van der Waals surface area (Å²) in [5.41, 5.74) is 0. The predicted octanol–water partition coefficient (Wildman–Crippen LogP) is 3.79. The van der Waals surface area contributed by atoms with Gasteiger partial charge in [0.15, 0.2) is 0 Å². The van der Waals surface area contributed by atoms with Crippen LogP contribution < -0.4 is 0 Å². The lowest BCUT2D eigenvalue weighted by Crippen LogP contribution is -2.35. The van der Waals surface area contributed by atoms with Crippen molar-refractivity contribution in [2.75, 3.05) is 0 Å². The number of rotatable bonds is 0. The lowest BCUT2D eigenvalue weighted by atomic mass is 9.82. The van der Waals surface area contributed by atoms with E-state index in [1.165, 1.54) is 0 Å². The molecule has 0 N–H and O–H groups in total. The van der Waals surface area contributed by atoms with Crippen molar-refractivity contribution in [1.82, 2.24) is 0 Å². The minimum absolute atomic E-state index is 0.209. The lowest BCUT2D eigenvalue weighted by Gasteiger charge is -2.32. The van der Waals surface area contributed by atoms with Crippen LogP contribution in [-0.2, 0) is 0 Å². The minimum atomic E-state index is -3.99. The van der Waals surface area contributed by atoms with E-state index in [1.54, 1.807) is 0 Å². The Hall–Kier alpha value is 0.520. The molecule has 0 aromatic carbocycles. The van der Waals surface area contributed by atoms with Gasteiger partial charge in [0.2, 0.25) is 0 Å². The second kappa shape index (κ2) is 3.72. The van der Waals surface area contributed by atoms with Gasteiger partial charge in [0, 0.05) is 3.92 Å². The van der Waals surface area contributed by atoms with Gasteiger partial charge in [-0.2, -0.15) is 13.2 Å². The van der Waals surface area contributed by atoms with Crippen LogP contribution in [0.3, 0.4) is 0 Å². The van der Waals surface area contributed by atoms with Crippen molar-refractivity contribution in [1.29, 1.82) is 0 Å². The highest BCUT2D eigenvalue weighted by molar-refractivity contribution is 14.1. The SMILES string of the molecule is CC1CCC(I)C(C(F)(F)F)C1. The first-order valence-corrected chi connectivity index (χ1v) is 5.36. The molecule has 0 radical (unpaired) electrons. The fraction of sp³-hybridized carbons (Fsp3) is 1.00. The summed E-state index contributed by atoms with van der Waals surface area (Å²) in [6, 6.07) is 0. The number of halogens is 4. The topological polar surface area (TPSA) is 0 Å². The lowest BCUT2D eigenvalue weighted by molar-refractivity contribution is -0.181. The van der Waals surface area contributed by atoms with Gasteiger partial charge in [0.1, 0.15) is 0 Å². The first kappa shape index (κ1) is 10.6. The van der Waals surface area contributed by atoms with Crippen LogP contribution in [0.2, 0.25) is 0 Å². The monoisotopic (exact) mass is 292 g/mol. The van der Waals surface area contributed by atoms with Gasteiger partial charge in [0.25, 0.3) is 0 Å². The van der Waals surface area contributed by atoms with Crippen molar-refractivity contribution < 1.29 is 13.2 Å². The summed E-state index contributed by atoms with van der Waals surface area (Å²) < 4.78 is 36.9. The van der Waals surface area contributed by atoms with Gasteiger partial charge in [-0.3, -0.25) is 0 Å². The van der Waals surface area contributed by atoms with E-state index in [2.05, 4.69) is 0 Å². The number of hydrogen-bond donors (Lipinski definition) is 0. The standard InChI is InChI=1S/C8H12F3I/c1-5-2-3-7(12)6(4-5)8(9,10)11/h5-7H,2-4H2,1H3. The third-order valence-corrected chi connectivity index (χ3v) is 3.94. The molecule has 0 aromatic heterocycles. The molecule has 0 aliphatic heterocycles. The van der Waals surface area contributed by atoms with Crippen molar-refractivity contribution >= 4 is 22.6 Å². The molecule has 3 atom stereocenters. The van der Waals surface area contributed by atoms with E-state index in [4.69, 9.17) is 0 Å². The molecule has 1 aliphatic carbocycles. The second-order valence-corrected chi connectivity index (χ2v) is 5.18. The van der Waals surface area contributed by atoms with Gasteiger partial charge in [-0.25, -0.2) is 0 Å². The molecule has 0 aromatic rings.